The molecule has 0 bridgehead atoms. The molecular weight excluding hydrogens is 567 g/mol. The van der Waals surface area contributed by atoms with E-state index in [0.717, 1.165) is 6.54 Å². The predicted octanol–water partition coefficient (Wildman–Crippen LogP) is 3.75. The van der Waals surface area contributed by atoms with Gasteiger partial charge in [-0.15, -0.1) is 0 Å². The molecule has 1 aromatic carbocycles. The summed E-state index contributed by atoms with van der Waals surface area (Å²) in [7, 11) is 0.977. The average Bonchev–Trinajstić information content (AvgIpc) is 3.22. The fourth-order valence-corrected chi connectivity index (χ4v) is 6.49. The van der Waals surface area contributed by atoms with E-state index >= 15 is 0 Å². The number of benzene rings is 1. The number of nitrogens with zero attached hydrogens (tertiary/aromatic N) is 2. The van der Waals surface area contributed by atoms with Gasteiger partial charge in [-0.05, 0) is 0 Å². The molecule has 1 saturated heterocycles. The summed E-state index contributed by atoms with van der Waals surface area (Å²) in [6.07, 6.45) is 1.18. The molecule has 0 amide bonds. The van der Waals surface area contributed by atoms with E-state index in [-0.39, 0.29) is 22.7 Å². The summed E-state index contributed by atoms with van der Waals surface area (Å²) in [5.74, 6) is 6.36. The molecule has 3 aromatic rings. The Labute approximate surface area is 220 Å². The fourth-order valence-electron chi connectivity index (χ4n) is 4.40. The normalized spacial score (nSPS) is 18.5. The van der Waals surface area contributed by atoms with Crippen molar-refractivity contribution >= 4 is 48.7 Å². The minimum absolute atomic E-state index is 0.0742. The maximum absolute atomic E-state index is 14.6. The minimum atomic E-state index is -4.07. The van der Waals surface area contributed by atoms with Crippen LogP contribution in [0.4, 0.5) is 22.9 Å². The molecule has 4 rings (SSSR count). The topological polar surface area (TPSA) is 58.0 Å². The van der Waals surface area contributed by atoms with Crippen molar-refractivity contribution in [1.29, 1.82) is 0 Å². The van der Waals surface area contributed by atoms with Crippen LogP contribution >= 0.6 is 7.14 Å². The van der Waals surface area contributed by atoms with E-state index in [4.69, 9.17) is 4.74 Å². The number of ether oxygens (including phenoxy) is 1. The predicted molar refractivity (Wildman–Crippen MR) is 147 cm³/mol. The number of nitrogens with one attached hydrogen (secondary N) is 2. The molecule has 2 aromatic heterocycles. The molecule has 199 valence electrons. The van der Waals surface area contributed by atoms with Crippen molar-refractivity contribution in [2.45, 2.75) is 18.6 Å². The number of fused-ring (bicyclic) bond motifs is 1. The summed E-state index contributed by atoms with van der Waals surface area (Å²) in [5.41, 5.74) is 2.12. The molecule has 0 saturated carbocycles. The summed E-state index contributed by atoms with van der Waals surface area (Å²) in [6, 6.07) is 10.0. The van der Waals surface area contributed by atoms with Crippen molar-refractivity contribution in [3.63, 3.8) is 0 Å². The zero-order valence-corrected chi connectivity index (χ0v) is 23.8. The van der Waals surface area contributed by atoms with E-state index in [9.17, 15) is 16.1 Å². The molecule has 3 heterocycles. The monoisotopic (exact) mass is 599 g/mol. The summed E-state index contributed by atoms with van der Waals surface area (Å²) < 4.78 is 62.1. The van der Waals surface area contributed by atoms with E-state index in [2.05, 4.69) is 22.5 Å². The second-order valence-corrected chi connectivity index (χ2v) is 14.4. The number of aromatic nitrogens is 1. The molecule has 1 aliphatic rings. The van der Waals surface area contributed by atoms with Gasteiger partial charge >= 0.3 is 221 Å². The van der Waals surface area contributed by atoms with Gasteiger partial charge in [0.25, 0.3) is 0 Å². The van der Waals surface area contributed by atoms with Gasteiger partial charge in [0, 0.05) is 0 Å². The Hall–Kier alpha value is -2.56. The van der Waals surface area contributed by atoms with Gasteiger partial charge in [0.05, 0.1) is 0 Å². The number of rotatable bonds is 7. The van der Waals surface area contributed by atoms with Gasteiger partial charge in [-0.2, -0.15) is 0 Å². The van der Waals surface area contributed by atoms with E-state index in [1.165, 1.54) is 11.5 Å². The first-order valence-electron chi connectivity index (χ1n) is 11.8. The van der Waals surface area contributed by atoms with Crippen molar-refractivity contribution in [2.24, 2.45) is 0 Å². The Morgan fingerprint density at radius 3 is 2.68 bits per heavy atom. The summed E-state index contributed by atoms with van der Waals surface area (Å²) in [6.45, 7) is 4.69. The van der Waals surface area contributed by atoms with E-state index < -0.39 is 28.1 Å². The summed E-state index contributed by atoms with van der Waals surface area (Å²) >= 11 is -4.07. The van der Waals surface area contributed by atoms with Gasteiger partial charge in [0.1, 0.15) is 0 Å². The van der Waals surface area contributed by atoms with E-state index in [0.29, 0.717) is 40.9 Å². The maximum atomic E-state index is 14.6. The van der Waals surface area contributed by atoms with Gasteiger partial charge in [0.15, 0.2) is 0 Å². The first kappa shape index (κ1) is 27.5. The third kappa shape index (κ3) is 6.30. The Morgan fingerprint density at radius 2 is 2.00 bits per heavy atom. The molecule has 0 aliphatic carbocycles. The van der Waals surface area contributed by atoms with Gasteiger partial charge in [-0.25, -0.2) is 0 Å². The number of halogens is 3. The van der Waals surface area contributed by atoms with Crippen LogP contribution in [0.15, 0.2) is 42.6 Å². The number of alkyl halides is 1. The van der Waals surface area contributed by atoms with E-state index in [1.54, 1.807) is 55.9 Å². The average molecular weight is 598 g/mol. The third-order valence-corrected chi connectivity index (χ3v) is 9.40. The van der Waals surface area contributed by atoms with Crippen LogP contribution in [-0.4, -0.2) is 83.4 Å². The molecule has 37 heavy (non-hydrogen) atoms. The number of likely N-dealkylation sites (tertiary alicyclic amines) is 1. The fraction of sp³-hybridized carbons (Fsp3) is 0.385. The first-order valence-corrected chi connectivity index (χ1v) is 16.6. The molecule has 1 fully saturated rings. The van der Waals surface area contributed by atoms with Crippen LogP contribution in [-0.2, 0) is 4.57 Å². The van der Waals surface area contributed by atoms with Crippen LogP contribution in [0.25, 0.3) is 5.52 Å². The molecule has 2 unspecified atom stereocenters. The zero-order chi connectivity index (χ0) is 26.7. The number of methoxy groups -OCH3 is 1. The van der Waals surface area contributed by atoms with Crippen LogP contribution in [0, 0.1) is 11.8 Å². The van der Waals surface area contributed by atoms with Crippen molar-refractivity contribution in [2.75, 3.05) is 57.8 Å². The molecular formula is C26H31F3N4O2PSe. The molecule has 6 nitrogen and oxygen atoms in total. The molecule has 1 aliphatic heterocycles. The van der Waals surface area contributed by atoms with Crippen LogP contribution in [0.3, 0.4) is 0 Å². The number of pyridine rings is 1. The van der Waals surface area contributed by atoms with Gasteiger partial charge in [-0.3, -0.25) is 0 Å². The Balaban J connectivity index is 1.56. The second-order valence-electron chi connectivity index (χ2n) is 9.46. The van der Waals surface area contributed by atoms with Crippen LogP contribution in [0.1, 0.15) is 12.0 Å². The van der Waals surface area contributed by atoms with Gasteiger partial charge in [0.2, 0.25) is 0 Å². The summed E-state index contributed by atoms with van der Waals surface area (Å²) in [5, 5.41) is 7.09. The molecule has 2 atom stereocenters. The van der Waals surface area contributed by atoms with Gasteiger partial charge in [-0.1, -0.05) is 0 Å². The SMILES string of the molecule is COc1cc(P(C)(C)=O)ccc1NCC#Cc1cc2c(NC3CCN(C)CC3F)cccn2c1[Se](F)F. The number of hydrogen-bond acceptors (Lipinski definition) is 5. The van der Waals surface area contributed by atoms with Crippen LogP contribution < -0.4 is 25.3 Å². The van der Waals surface area contributed by atoms with Crippen molar-refractivity contribution < 1.29 is 20.8 Å². The number of piperidine rings is 1. The first-order chi connectivity index (χ1) is 17.6. The quantitative estimate of drug-likeness (QED) is 0.247. The Morgan fingerprint density at radius 1 is 1.22 bits per heavy atom. The zero-order valence-electron chi connectivity index (χ0n) is 21.2. The van der Waals surface area contributed by atoms with E-state index in [1.807, 2.05) is 11.9 Å². The Kier molecular flexibility index (Phi) is 8.50. The number of hydrogen-bond donors (Lipinski definition) is 2. The Bertz CT molecular complexity index is 1380. The standard InChI is InChI=1S/C26H31F3N4O2PSe/c1-32-14-11-21(20(27)17-32)31-22-8-6-13-33-24(22)15-18(26(33)37(28)29)7-5-12-30-23-10-9-19(36(3,4)34)16-25(23)35-2/h6,8-10,13,15-16,20-21,30-31H,11-12,14,17H2,1-4H3. The van der Waals surface area contributed by atoms with Gasteiger partial charge < -0.3 is 0 Å². The van der Waals surface area contributed by atoms with Crippen LogP contribution in [0.5, 0.6) is 5.75 Å². The number of anilines is 2. The van der Waals surface area contributed by atoms with Crippen molar-refractivity contribution in [3.05, 3.63) is 48.2 Å². The second kappa shape index (κ2) is 11.4. The molecule has 2 N–H and O–H groups in total. The van der Waals surface area contributed by atoms with Crippen molar-refractivity contribution in [1.82, 2.24) is 9.30 Å². The molecule has 11 heteroatoms. The third-order valence-electron chi connectivity index (χ3n) is 6.39. The molecule has 1 radical (unpaired) electrons. The summed E-state index contributed by atoms with van der Waals surface area (Å²) in [4.78, 5) is 1.94. The molecule has 0 spiro atoms. The van der Waals surface area contributed by atoms with Crippen molar-refractivity contribution in [3.8, 4) is 17.6 Å². The van der Waals surface area contributed by atoms with Crippen LogP contribution in [0.2, 0.25) is 0 Å².